The van der Waals surface area contributed by atoms with E-state index in [9.17, 15) is 30.6 Å². The van der Waals surface area contributed by atoms with E-state index in [1.54, 1.807) is 13.8 Å². The molecule has 3 aliphatic rings. The van der Waals surface area contributed by atoms with Gasteiger partial charge in [-0.1, -0.05) is 19.1 Å². The van der Waals surface area contributed by atoms with Gasteiger partial charge in [0.25, 0.3) is 0 Å². The fraction of sp³-hybridized carbons (Fsp3) is 0.905. The third-order valence-electron chi connectivity index (χ3n) is 7.42. The summed E-state index contributed by atoms with van der Waals surface area (Å²) in [4.78, 5) is 0. The van der Waals surface area contributed by atoms with Crippen molar-refractivity contribution in [1.29, 1.82) is 0 Å². The molecule has 6 N–H and O–H groups in total. The van der Waals surface area contributed by atoms with Crippen LogP contribution in [0.25, 0.3) is 0 Å². The van der Waals surface area contributed by atoms with Gasteiger partial charge in [0.2, 0.25) is 0 Å². The Morgan fingerprint density at radius 2 is 1.79 bits per heavy atom. The number of aliphatic hydroxyl groups excluding tert-OH is 5. The maximum Gasteiger partial charge on any atom is 0.187 e. The summed E-state index contributed by atoms with van der Waals surface area (Å²) in [5.41, 5.74) is -0.667. The Labute approximate surface area is 171 Å². The molecular weight excluding hydrogens is 380 g/mol. The first-order chi connectivity index (χ1) is 13.4. The van der Waals surface area contributed by atoms with Crippen molar-refractivity contribution >= 4 is 0 Å². The van der Waals surface area contributed by atoms with Crippen LogP contribution in [0.4, 0.5) is 0 Å². The molecule has 1 heterocycles. The SMILES string of the molecule is C=C1CC[C@@H](O)[C@]2(C)CC[C@@H](C(C)(C)O)[C@@H](O[C@@H]3O[C@H](CO)[C@@H](O)[C@H](O)[C@H]3O)[C@@H]12. The van der Waals surface area contributed by atoms with Crippen molar-refractivity contribution in [3.8, 4) is 0 Å². The number of aliphatic hydroxyl groups is 6. The summed E-state index contributed by atoms with van der Waals surface area (Å²) in [5, 5.41) is 61.6. The molecule has 0 bridgehead atoms. The van der Waals surface area contributed by atoms with Gasteiger partial charge in [0.05, 0.1) is 24.4 Å². The van der Waals surface area contributed by atoms with Crippen molar-refractivity contribution in [2.45, 2.75) is 95.0 Å². The molecule has 2 aliphatic carbocycles. The van der Waals surface area contributed by atoms with E-state index in [4.69, 9.17) is 9.47 Å². The van der Waals surface area contributed by atoms with Gasteiger partial charge in [-0.2, -0.15) is 0 Å². The first-order valence-corrected chi connectivity index (χ1v) is 10.5. The highest BCUT2D eigenvalue weighted by molar-refractivity contribution is 5.19. The fourth-order valence-electron chi connectivity index (χ4n) is 5.54. The molecule has 2 saturated carbocycles. The lowest BCUT2D eigenvalue weighted by atomic mass is 9.53. The molecule has 1 aliphatic heterocycles. The van der Waals surface area contributed by atoms with E-state index in [2.05, 4.69) is 6.58 Å². The highest BCUT2D eigenvalue weighted by Crippen LogP contribution is 2.56. The molecule has 10 atom stereocenters. The molecule has 0 aromatic heterocycles. The van der Waals surface area contributed by atoms with Gasteiger partial charge >= 0.3 is 0 Å². The van der Waals surface area contributed by atoms with Crippen LogP contribution in [0.15, 0.2) is 12.2 Å². The van der Waals surface area contributed by atoms with Crippen LogP contribution >= 0.6 is 0 Å². The molecule has 168 valence electrons. The molecule has 0 amide bonds. The second kappa shape index (κ2) is 8.16. The molecule has 8 heteroatoms. The lowest BCUT2D eigenvalue weighted by Gasteiger charge is -2.57. The van der Waals surface area contributed by atoms with Crippen molar-refractivity contribution in [2.24, 2.45) is 17.3 Å². The van der Waals surface area contributed by atoms with E-state index >= 15 is 0 Å². The molecule has 0 spiro atoms. The molecule has 8 nitrogen and oxygen atoms in total. The van der Waals surface area contributed by atoms with Crippen molar-refractivity contribution in [1.82, 2.24) is 0 Å². The minimum absolute atomic E-state index is 0.274. The van der Waals surface area contributed by atoms with Gasteiger partial charge in [-0.25, -0.2) is 0 Å². The summed E-state index contributed by atoms with van der Waals surface area (Å²) < 4.78 is 11.8. The third-order valence-corrected chi connectivity index (χ3v) is 7.42. The van der Waals surface area contributed by atoms with Crippen LogP contribution in [0.2, 0.25) is 0 Å². The number of hydrogen-bond donors (Lipinski definition) is 6. The summed E-state index contributed by atoms with van der Waals surface area (Å²) in [7, 11) is 0. The van der Waals surface area contributed by atoms with Gasteiger partial charge in [0, 0.05) is 17.3 Å². The average molecular weight is 417 g/mol. The van der Waals surface area contributed by atoms with E-state index in [0.29, 0.717) is 25.7 Å². The van der Waals surface area contributed by atoms with Crippen LogP contribution in [0, 0.1) is 17.3 Å². The molecule has 0 aromatic rings. The van der Waals surface area contributed by atoms with Gasteiger partial charge < -0.3 is 40.1 Å². The van der Waals surface area contributed by atoms with Gasteiger partial charge in [-0.15, -0.1) is 0 Å². The van der Waals surface area contributed by atoms with E-state index in [1.165, 1.54) is 0 Å². The molecule has 3 rings (SSSR count). The molecule has 0 radical (unpaired) electrons. The summed E-state index contributed by atoms with van der Waals surface area (Å²) >= 11 is 0. The Bertz CT molecular complexity index is 602. The highest BCUT2D eigenvalue weighted by atomic mass is 16.7. The molecule has 3 fully saturated rings. The zero-order chi connectivity index (χ0) is 21.7. The Morgan fingerprint density at radius 3 is 2.38 bits per heavy atom. The number of ether oxygens (including phenoxy) is 2. The number of rotatable bonds is 4. The topological polar surface area (TPSA) is 140 Å². The van der Waals surface area contributed by atoms with E-state index in [0.717, 1.165) is 5.57 Å². The predicted octanol–water partition coefficient (Wildman–Crippen LogP) is -0.314. The van der Waals surface area contributed by atoms with Crippen LogP contribution < -0.4 is 0 Å². The average Bonchev–Trinajstić information content (AvgIpc) is 2.64. The first-order valence-electron chi connectivity index (χ1n) is 10.5. The normalized spacial score (nSPS) is 49.0. The fourth-order valence-corrected chi connectivity index (χ4v) is 5.54. The maximum atomic E-state index is 10.8. The van der Waals surface area contributed by atoms with E-state index in [-0.39, 0.29) is 11.8 Å². The van der Waals surface area contributed by atoms with Crippen molar-refractivity contribution in [3.63, 3.8) is 0 Å². The van der Waals surface area contributed by atoms with Crippen LogP contribution in [-0.2, 0) is 9.47 Å². The van der Waals surface area contributed by atoms with Crippen molar-refractivity contribution in [3.05, 3.63) is 12.2 Å². The Hall–Kier alpha value is -0.580. The highest BCUT2D eigenvalue weighted by Gasteiger charge is 2.57. The summed E-state index contributed by atoms with van der Waals surface area (Å²) in [6.45, 7) is 9.06. The third kappa shape index (κ3) is 4.02. The molecular formula is C21H36O8. The van der Waals surface area contributed by atoms with Crippen LogP contribution in [-0.4, -0.2) is 85.8 Å². The second-order valence-electron chi connectivity index (χ2n) is 9.79. The molecule has 0 unspecified atom stereocenters. The lowest BCUT2D eigenvalue weighted by Crippen LogP contribution is -2.63. The monoisotopic (exact) mass is 416 g/mol. The van der Waals surface area contributed by atoms with Gasteiger partial charge in [0.15, 0.2) is 6.29 Å². The van der Waals surface area contributed by atoms with Crippen LogP contribution in [0.5, 0.6) is 0 Å². The maximum absolute atomic E-state index is 10.8. The quantitative estimate of drug-likeness (QED) is 0.343. The minimum atomic E-state index is -1.54. The van der Waals surface area contributed by atoms with E-state index < -0.39 is 60.5 Å². The van der Waals surface area contributed by atoms with E-state index in [1.807, 2.05) is 6.92 Å². The largest absolute Gasteiger partial charge is 0.394 e. The van der Waals surface area contributed by atoms with Crippen LogP contribution in [0.1, 0.15) is 46.5 Å². The summed E-state index contributed by atoms with van der Waals surface area (Å²) in [6, 6.07) is 0. The van der Waals surface area contributed by atoms with Gasteiger partial charge in [-0.05, 0) is 39.5 Å². The minimum Gasteiger partial charge on any atom is -0.394 e. The number of fused-ring (bicyclic) bond motifs is 1. The van der Waals surface area contributed by atoms with Crippen LogP contribution in [0.3, 0.4) is 0 Å². The molecule has 29 heavy (non-hydrogen) atoms. The Balaban J connectivity index is 1.94. The summed E-state index contributed by atoms with van der Waals surface area (Å²) in [6.07, 6.45) is -5.53. The predicted molar refractivity (Wildman–Crippen MR) is 104 cm³/mol. The van der Waals surface area contributed by atoms with Crippen molar-refractivity contribution < 1.29 is 40.1 Å². The van der Waals surface area contributed by atoms with Gasteiger partial charge in [-0.3, -0.25) is 0 Å². The second-order valence-corrected chi connectivity index (χ2v) is 9.79. The lowest BCUT2D eigenvalue weighted by molar-refractivity contribution is -0.330. The standard InChI is InChI=1S/C21H36O8/c1-10-5-6-13(23)21(4)8-7-11(20(2,3)27)18(14(10)21)29-19-17(26)16(25)15(24)12(9-22)28-19/h11-19,22-27H,1,5-9H2,2-4H3/t11-,12-,13-,14-,15-,16+,17-,18-,19+,21+/m1/s1. The summed E-state index contributed by atoms with van der Waals surface area (Å²) in [5.74, 6) is -0.598. The van der Waals surface area contributed by atoms with Crippen molar-refractivity contribution in [2.75, 3.05) is 6.61 Å². The number of hydrogen-bond acceptors (Lipinski definition) is 8. The zero-order valence-electron chi connectivity index (χ0n) is 17.4. The smallest absolute Gasteiger partial charge is 0.187 e. The molecule has 1 saturated heterocycles. The Morgan fingerprint density at radius 1 is 1.14 bits per heavy atom. The zero-order valence-corrected chi connectivity index (χ0v) is 17.4. The van der Waals surface area contributed by atoms with Gasteiger partial charge in [0.1, 0.15) is 24.4 Å². The first kappa shape index (κ1) is 23.1. The molecule has 0 aromatic carbocycles. The Kier molecular flexibility index (Phi) is 6.50.